The van der Waals surface area contributed by atoms with E-state index in [1.165, 1.54) is 0 Å². The van der Waals surface area contributed by atoms with E-state index < -0.39 is 0 Å². The second-order valence-corrected chi connectivity index (χ2v) is 3.69. The predicted octanol–water partition coefficient (Wildman–Crippen LogP) is 0.527. The van der Waals surface area contributed by atoms with Gasteiger partial charge in [0.2, 0.25) is 0 Å². The molecule has 2 aliphatic rings. The smallest absolute Gasteiger partial charge is 0.133 e. The number of rotatable bonds is 0. The minimum atomic E-state index is 0.489. The first-order valence-electron chi connectivity index (χ1n) is 3.96. The number of likely N-dealkylation sites (tertiary alicyclic amines) is 1. The van der Waals surface area contributed by atoms with Crippen LogP contribution in [0.25, 0.3) is 0 Å². The summed E-state index contributed by atoms with van der Waals surface area (Å²) in [5.74, 6) is 1.90. The highest BCUT2D eigenvalue weighted by Gasteiger charge is 2.38. The molecule has 0 amide bonds. The minimum absolute atomic E-state index is 0.489. The van der Waals surface area contributed by atoms with E-state index in [-0.39, 0.29) is 0 Å². The predicted molar refractivity (Wildman–Crippen MR) is 38.7 cm³/mol. The lowest BCUT2D eigenvalue weighted by Gasteiger charge is -2.06. The second-order valence-electron chi connectivity index (χ2n) is 3.69. The summed E-state index contributed by atoms with van der Waals surface area (Å²) in [6, 6.07) is 0. The maximum absolute atomic E-state index is 10.9. The summed E-state index contributed by atoms with van der Waals surface area (Å²) < 4.78 is 0. The molecule has 0 bridgehead atoms. The van der Waals surface area contributed by atoms with Crippen LogP contribution in [0.3, 0.4) is 0 Å². The van der Waals surface area contributed by atoms with Gasteiger partial charge in [0.05, 0.1) is 0 Å². The summed E-state index contributed by atoms with van der Waals surface area (Å²) in [6.07, 6.45) is 1.71. The Morgan fingerprint density at radius 1 is 1.30 bits per heavy atom. The molecule has 2 nitrogen and oxygen atoms in total. The molecular formula is C8H13NO. The Kier molecular flexibility index (Phi) is 1.31. The van der Waals surface area contributed by atoms with Gasteiger partial charge in [0.15, 0.2) is 0 Å². The Morgan fingerprint density at radius 2 is 1.80 bits per heavy atom. The third-order valence-electron chi connectivity index (χ3n) is 2.74. The van der Waals surface area contributed by atoms with E-state index in [4.69, 9.17) is 0 Å². The second kappa shape index (κ2) is 2.06. The van der Waals surface area contributed by atoms with E-state index in [0.29, 0.717) is 17.6 Å². The third kappa shape index (κ3) is 0.870. The molecular weight excluding hydrogens is 126 g/mol. The van der Waals surface area contributed by atoms with Gasteiger partial charge in [0, 0.05) is 25.9 Å². The highest BCUT2D eigenvalue weighted by Crippen LogP contribution is 2.34. The highest BCUT2D eigenvalue weighted by molar-refractivity contribution is 5.81. The molecule has 0 aromatic rings. The number of hydrogen-bond donors (Lipinski definition) is 0. The van der Waals surface area contributed by atoms with Gasteiger partial charge in [0.1, 0.15) is 5.78 Å². The molecule has 2 fully saturated rings. The highest BCUT2D eigenvalue weighted by atomic mass is 16.1. The molecule has 0 aromatic heterocycles. The average Bonchev–Trinajstić information content (AvgIpc) is 2.21. The number of nitrogens with zero attached hydrogens (tertiary/aromatic N) is 1. The summed E-state index contributed by atoms with van der Waals surface area (Å²) in [5.41, 5.74) is 0. The molecule has 1 aliphatic carbocycles. The van der Waals surface area contributed by atoms with Gasteiger partial charge in [-0.1, -0.05) is 0 Å². The molecule has 0 aromatic carbocycles. The molecule has 1 aliphatic heterocycles. The zero-order valence-corrected chi connectivity index (χ0v) is 6.34. The summed E-state index contributed by atoms with van der Waals surface area (Å²) in [5, 5.41) is 0. The monoisotopic (exact) mass is 139 g/mol. The number of hydrogen-bond acceptors (Lipinski definition) is 2. The molecule has 56 valence electrons. The van der Waals surface area contributed by atoms with Crippen molar-refractivity contribution in [2.75, 3.05) is 20.1 Å². The molecule has 0 N–H and O–H groups in total. The van der Waals surface area contributed by atoms with Crippen molar-refractivity contribution in [2.24, 2.45) is 11.8 Å². The Bertz CT molecular complexity index is 151. The van der Waals surface area contributed by atoms with E-state index in [0.717, 1.165) is 25.9 Å². The molecule has 0 radical (unpaired) electrons. The SMILES string of the molecule is CN1CC2CC(=O)CC2C1. The van der Waals surface area contributed by atoms with Crippen LogP contribution in [-0.4, -0.2) is 30.8 Å². The lowest BCUT2D eigenvalue weighted by atomic mass is 10.0. The van der Waals surface area contributed by atoms with Crippen LogP contribution in [0, 0.1) is 11.8 Å². The summed E-state index contributed by atoms with van der Waals surface area (Å²) in [6.45, 7) is 2.30. The molecule has 1 saturated heterocycles. The van der Waals surface area contributed by atoms with E-state index in [1.54, 1.807) is 0 Å². The van der Waals surface area contributed by atoms with E-state index in [1.807, 2.05) is 0 Å². The van der Waals surface area contributed by atoms with Crippen LogP contribution in [0.15, 0.2) is 0 Å². The standard InChI is InChI=1S/C8H13NO/c1-9-4-6-2-8(10)3-7(6)5-9/h6-7H,2-5H2,1H3. The van der Waals surface area contributed by atoms with Crippen molar-refractivity contribution in [3.8, 4) is 0 Å². The fourth-order valence-corrected chi connectivity index (χ4v) is 2.30. The first-order valence-corrected chi connectivity index (χ1v) is 3.96. The summed E-state index contributed by atoms with van der Waals surface area (Å²) in [7, 11) is 2.14. The minimum Gasteiger partial charge on any atom is -0.306 e. The van der Waals surface area contributed by atoms with Crippen molar-refractivity contribution < 1.29 is 4.79 Å². The Balaban J connectivity index is 2.06. The van der Waals surface area contributed by atoms with Crippen molar-refractivity contribution in [1.29, 1.82) is 0 Å². The van der Waals surface area contributed by atoms with Crippen molar-refractivity contribution >= 4 is 5.78 Å². The van der Waals surface area contributed by atoms with Gasteiger partial charge < -0.3 is 4.90 Å². The van der Waals surface area contributed by atoms with Crippen LogP contribution in [0.5, 0.6) is 0 Å². The maximum Gasteiger partial charge on any atom is 0.133 e. The lowest BCUT2D eigenvalue weighted by molar-refractivity contribution is -0.117. The molecule has 2 atom stereocenters. The lowest BCUT2D eigenvalue weighted by Crippen LogP contribution is -2.16. The van der Waals surface area contributed by atoms with Crippen LogP contribution < -0.4 is 0 Å². The van der Waals surface area contributed by atoms with Gasteiger partial charge in [-0.05, 0) is 18.9 Å². The van der Waals surface area contributed by atoms with Gasteiger partial charge in [-0.15, -0.1) is 0 Å². The van der Waals surface area contributed by atoms with Crippen LogP contribution in [-0.2, 0) is 4.79 Å². The Hall–Kier alpha value is -0.370. The van der Waals surface area contributed by atoms with Crippen LogP contribution in [0.1, 0.15) is 12.8 Å². The number of carbonyl (C=O) groups is 1. The molecule has 10 heavy (non-hydrogen) atoms. The Morgan fingerprint density at radius 3 is 2.30 bits per heavy atom. The van der Waals surface area contributed by atoms with Crippen molar-refractivity contribution in [3.05, 3.63) is 0 Å². The van der Waals surface area contributed by atoms with E-state index in [2.05, 4.69) is 11.9 Å². The first-order chi connectivity index (χ1) is 4.75. The van der Waals surface area contributed by atoms with Crippen LogP contribution in [0.2, 0.25) is 0 Å². The molecule has 2 heteroatoms. The number of Topliss-reactive ketones (excluding diaryl/α,β-unsaturated/α-hetero) is 1. The molecule has 2 unspecified atom stereocenters. The largest absolute Gasteiger partial charge is 0.306 e. The van der Waals surface area contributed by atoms with E-state index >= 15 is 0 Å². The summed E-state index contributed by atoms with van der Waals surface area (Å²) >= 11 is 0. The van der Waals surface area contributed by atoms with E-state index in [9.17, 15) is 4.79 Å². The van der Waals surface area contributed by atoms with Crippen molar-refractivity contribution in [3.63, 3.8) is 0 Å². The molecule has 0 spiro atoms. The van der Waals surface area contributed by atoms with Crippen LogP contribution in [0.4, 0.5) is 0 Å². The molecule has 2 rings (SSSR count). The number of carbonyl (C=O) groups excluding carboxylic acids is 1. The van der Waals surface area contributed by atoms with Gasteiger partial charge in [-0.2, -0.15) is 0 Å². The molecule has 1 heterocycles. The van der Waals surface area contributed by atoms with Crippen LogP contribution >= 0.6 is 0 Å². The molecule has 1 saturated carbocycles. The zero-order valence-electron chi connectivity index (χ0n) is 6.34. The van der Waals surface area contributed by atoms with Gasteiger partial charge >= 0.3 is 0 Å². The maximum atomic E-state index is 10.9. The van der Waals surface area contributed by atoms with Crippen molar-refractivity contribution in [1.82, 2.24) is 4.90 Å². The normalized spacial score (nSPS) is 40.7. The third-order valence-corrected chi connectivity index (χ3v) is 2.74. The van der Waals surface area contributed by atoms with Gasteiger partial charge in [-0.25, -0.2) is 0 Å². The van der Waals surface area contributed by atoms with Crippen molar-refractivity contribution in [2.45, 2.75) is 12.8 Å². The summed E-state index contributed by atoms with van der Waals surface area (Å²) in [4.78, 5) is 13.3. The van der Waals surface area contributed by atoms with Gasteiger partial charge in [-0.3, -0.25) is 4.79 Å². The fourth-order valence-electron chi connectivity index (χ4n) is 2.30. The first kappa shape index (κ1) is 6.35. The zero-order chi connectivity index (χ0) is 7.14. The number of fused-ring (bicyclic) bond motifs is 1. The quantitative estimate of drug-likeness (QED) is 0.488. The fraction of sp³-hybridized carbons (Fsp3) is 0.875. The Labute approximate surface area is 61.2 Å². The van der Waals surface area contributed by atoms with Gasteiger partial charge in [0.25, 0.3) is 0 Å². The number of ketones is 1. The topological polar surface area (TPSA) is 20.3 Å². The average molecular weight is 139 g/mol.